The molecule has 3 atom stereocenters. The van der Waals surface area contributed by atoms with E-state index in [4.69, 9.17) is 26.2 Å². The largest absolute Gasteiger partial charge is 0.490 e. The number of ether oxygens (including phenoxy) is 2. The lowest BCUT2D eigenvalue weighted by molar-refractivity contribution is -0.145. The molecule has 9 heteroatoms. The number of benzene rings is 2. The standard InChI is InChI=1S/C34H36ClNO6S/c1-3-6-27(11-9-23-7-4-5-8-30(23)41-22(2)28(34(39)40)13-14-33(37)38)42-31-19-24(26-16-18-43-21-26)10-12-29(31)25-15-17-36-32(35)20-25/h4-5,7-8,10,12,15-22,27-28H,3,6,9,11,13-14H2,1-2H3,(H,37,38)(H,39,40). The highest BCUT2D eigenvalue weighted by molar-refractivity contribution is 7.08. The first-order valence-electron chi connectivity index (χ1n) is 14.4. The van der Waals surface area contributed by atoms with Gasteiger partial charge in [0, 0.05) is 18.2 Å². The molecule has 0 amide bonds. The Kier molecular flexibility index (Phi) is 11.6. The van der Waals surface area contributed by atoms with Crippen LogP contribution in [0, 0.1) is 5.92 Å². The zero-order valence-corrected chi connectivity index (χ0v) is 25.8. The first-order valence-corrected chi connectivity index (χ1v) is 15.7. The van der Waals surface area contributed by atoms with Crippen LogP contribution in [0.4, 0.5) is 0 Å². The summed E-state index contributed by atoms with van der Waals surface area (Å²) in [4.78, 5) is 27.0. The van der Waals surface area contributed by atoms with Crippen LogP contribution < -0.4 is 9.47 Å². The summed E-state index contributed by atoms with van der Waals surface area (Å²) < 4.78 is 12.9. The summed E-state index contributed by atoms with van der Waals surface area (Å²) in [6.07, 6.45) is 3.80. The second kappa shape index (κ2) is 15.5. The minimum Gasteiger partial charge on any atom is -0.490 e. The van der Waals surface area contributed by atoms with Crippen LogP contribution in [0.15, 0.2) is 77.6 Å². The quantitative estimate of drug-likeness (QED) is 0.121. The zero-order valence-electron chi connectivity index (χ0n) is 24.2. The number of rotatable bonds is 16. The van der Waals surface area contributed by atoms with Crippen LogP contribution >= 0.6 is 22.9 Å². The van der Waals surface area contributed by atoms with E-state index >= 15 is 0 Å². The molecule has 3 unspecified atom stereocenters. The lowest BCUT2D eigenvalue weighted by Gasteiger charge is -2.24. The van der Waals surface area contributed by atoms with E-state index < -0.39 is 24.0 Å². The minimum absolute atomic E-state index is 0.00409. The van der Waals surface area contributed by atoms with Crippen molar-refractivity contribution in [3.63, 3.8) is 0 Å². The number of hydrogen-bond acceptors (Lipinski definition) is 6. The molecule has 2 aromatic carbocycles. The van der Waals surface area contributed by atoms with Crippen molar-refractivity contribution in [2.75, 3.05) is 0 Å². The number of pyridine rings is 1. The third kappa shape index (κ3) is 9.05. The Hall–Kier alpha value is -3.88. The number of aromatic nitrogens is 1. The Morgan fingerprint density at radius 3 is 2.44 bits per heavy atom. The van der Waals surface area contributed by atoms with Gasteiger partial charge in [0.1, 0.15) is 22.8 Å². The number of hydrogen-bond donors (Lipinski definition) is 2. The molecule has 0 aliphatic heterocycles. The molecule has 4 rings (SSSR count). The van der Waals surface area contributed by atoms with Crippen LogP contribution in [-0.2, 0) is 16.0 Å². The number of carbonyl (C=O) groups is 2. The fourth-order valence-electron chi connectivity index (χ4n) is 5.06. The van der Waals surface area contributed by atoms with Crippen molar-refractivity contribution in [3.05, 3.63) is 88.3 Å². The van der Waals surface area contributed by atoms with E-state index in [2.05, 4.69) is 46.9 Å². The van der Waals surface area contributed by atoms with Crippen molar-refractivity contribution in [1.82, 2.24) is 4.98 Å². The maximum absolute atomic E-state index is 11.8. The Morgan fingerprint density at radius 1 is 0.930 bits per heavy atom. The van der Waals surface area contributed by atoms with Crippen LogP contribution in [0.2, 0.25) is 5.15 Å². The van der Waals surface area contributed by atoms with Gasteiger partial charge in [0.25, 0.3) is 0 Å². The van der Waals surface area contributed by atoms with E-state index in [9.17, 15) is 14.7 Å². The number of aryl methyl sites for hydroxylation is 1. The monoisotopic (exact) mass is 621 g/mol. The first-order chi connectivity index (χ1) is 20.7. The molecule has 2 aromatic heterocycles. The second-order valence-electron chi connectivity index (χ2n) is 10.5. The number of carboxylic acids is 2. The fraction of sp³-hybridized carbons (Fsp3) is 0.324. The van der Waals surface area contributed by atoms with Crippen LogP contribution in [0.25, 0.3) is 22.3 Å². The van der Waals surface area contributed by atoms with E-state index in [1.54, 1.807) is 24.5 Å². The molecule has 0 fully saturated rings. The zero-order chi connectivity index (χ0) is 30.8. The molecule has 0 aliphatic carbocycles. The average Bonchev–Trinajstić information content (AvgIpc) is 3.52. The van der Waals surface area contributed by atoms with Crippen LogP contribution in [-0.4, -0.2) is 39.3 Å². The number of thiophene rings is 1. The summed E-state index contributed by atoms with van der Waals surface area (Å²) in [7, 11) is 0. The molecular weight excluding hydrogens is 586 g/mol. The highest BCUT2D eigenvalue weighted by atomic mass is 35.5. The number of aliphatic carboxylic acids is 2. The molecule has 0 spiro atoms. The van der Waals surface area contributed by atoms with E-state index in [-0.39, 0.29) is 18.9 Å². The minimum atomic E-state index is -1.07. The summed E-state index contributed by atoms with van der Waals surface area (Å²) in [5.74, 6) is -1.67. The third-order valence-electron chi connectivity index (χ3n) is 7.35. The van der Waals surface area contributed by atoms with Gasteiger partial charge in [-0.15, -0.1) is 0 Å². The van der Waals surface area contributed by atoms with Gasteiger partial charge in [0.2, 0.25) is 0 Å². The predicted molar refractivity (Wildman–Crippen MR) is 170 cm³/mol. The molecule has 0 bridgehead atoms. The van der Waals surface area contributed by atoms with Gasteiger partial charge in [-0.1, -0.05) is 55.3 Å². The lowest BCUT2D eigenvalue weighted by atomic mass is 9.97. The van der Waals surface area contributed by atoms with Crippen molar-refractivity contribution in [2.45, 2.75) is 64.6 Å². The predicted octanol–water partition coefficient (Wildman–Crippen LogP) is 8.64. The first kappa shape index (κ1) is 32.0. The van der Waals surface area contributed by atoms with Crippen molar-refractivity contribution in [1.29, 1.82) is 0 Å². The van der Waals surface area contributed by atoms with Crippen LogP contribution in [0.1, 0.15) is 51.5 Å². The van der Waals surface area contributed by atoms with Gasteiger partial charge < -0.3 is 19.7 Å². The molecule has 43 heavy (non-hydrogen) atoms. The third-order valence-corrected chi connectivity index (χ3v) is 8.24. The van der Waals surface area contributed by atoms with Gasteiger partial charge in [0.15, 0.2) is 0 Å². The van der Waals surface area contributed by atoms with E-state index in [0.29, 0.717) is 23.7 Å². The Bertz CT molecular complexity index is 1510. The Balaban J connectivity index is 1.55. The van der Waals surface area contributed by atoms with E-state index in [1.165, 1.54) is 0 Å². The SMILES string of the molecule is CCCC(CCc1ccccc1OC(C)C(CCC(=O)O)C(=O)O)Oc1cc(-c2ccsc2)ccc1-c1ccnc(Cl)c1. The highest BCUT2D eigenvalue weighted by Gasteiger charge is 2.27. The maximum Gasteiger partial charge on any atom is 0.310 e. The molecular formula is C34H36ClNO6S. The molecule has 7 nitrogen and oxygen atoms in total. The maximum atomic E-state index is 11.8. The molecule has 2 N–H and O–H groups in total. The van der Waals surface area contributed by atoms with Gasteiger partial charge >= 0.3 is 11.9 Å². The van der Waals surface area contributed by atoms with Crippen LogP contribution in [0.5, 0.6) is 11.5 Å². The summed E-state index contributed by atoms with van der Waals surface area (Å²) in [6, 6.07) is 19.6. The summed E-state index contributed by atoms with van der Waals surface area (Å²) >= 11 is 7.88. The number of halogens is 1. The van der Waals surface area contributed by atoms with Gasteiger partial charge in [0.05, 0.1) is 12.0 Å². The molecule has 0 saturated carbocycles. The van der Waals surface area contributed by atoms with Gasteiger partial charge in [-0.2, -0.15) is 11.3 Å². The summed E-state index contributed by atoms with van der Waals surface area (Å²) in [5.41, 5.74) is 4.99. The van der Waals surface area contributed by atoms with E-state index in [1.807, 2.05) is 36.4 Å². The molecule has 4 aromatic rings. The second-order valence-corrected chi connectivity index (χ2v) is 11.6. The van der Waals surface area contributed by atoms with Crippen molar-refractivity contribution in [3.8, 4) is 33.8 Å². The summed E-state index contributed by atoms with van der Waals surface area (Å²) in [5, 5.41) is 23.3. The topological polar surface area (TPSA) is 106 Å². The highest BCUT2D eigenvalue weighted by Crippen LogP contribution is 2.37. The Labute approximate surface area is 261 Å². The van der Waals surface area contributed by atoms with Gasteiger partial charge in [-0.3, -0.25) is 9.59 Å². The van der Waals surface area contributed by atoms with Crippen molar-refractivity contribution < 1.29 is 29.3 Å². The van der Waals surface area contributed by atoms with Gasteiger partial charge in [-0.25, -0.2) is 4.98 Å². The van der Waals surface area contributed by atoms with E-state index in [0.717, 1.165) is 46.4 Å². The van der Waals surface area contributed by atoms with Crippen molar-refractivity contribution in [2.24, 2.45) is 5.92 Å². The average molecular weight is 622 g/mol. The molecule has 226 valence electrons. The number of carboxylic acid groups (broad SMARTS) is 2. The molecule has 0 saturated heterocycles. The molecule has 2 heterocycles. The van der Waals surface area contributed by atoms with Gasteiger partial charge in [-0.05, 0) is 96.0 Å². The van der Waals surface area contributed by atoms with Crippen molar-refractivity contribution >= 4 is 34.9 Å². The smallest absolute Gasteiger partial charge is 0.310 e. The number of para-hydroxylation sites is 1. The summed E-state index contributed by atoms with van der Waals surface area (Å²) in [6.45, 7) is 3.80. The van der Waals surface area contributed by atoms with Crippen LogP contribution in [0.3, 0.4) is 0 Å². The molecule has 0 aliphatic rings. The Morgan fingerprint density at radius 2 is 1.74 bits per heavy atom. The lowest BCUT2D eigenvalue weighted by Crippen LogP contribution is -2.31. The fourth-order valence-corrected chi connectivity index (χ4v) is 5.90. The number of nitrogens with zero attached hydrogens (tertiary/aromatic N) is 1. The normalized spacial score (nSPS) is 13.2. The molecule has 0 radical (unpaired) electrons.